The summed E-state index contributed by atoms with van der Waals surface area (Å²) in [5.74, 6) is -0.746. The molecule has 1 aliphatic carbocycles. The Balaban J connectivity index is 2.72. The standard InChI is InChI=1S/C8H15NO2/c1-8(7(10)11)5-3-2-4-6(8)9/h6H,2-5,9H2,1H3,(H,10,11)/t6-,8-/m0/s1. The molecular weight excluding hydrogens is 142 g/mol. The van der Waals surface area contributed by atoms with Gasteiger partial charge in [0.2, 0.25) is 0 Å². The molecule has 0 aliphatic heterocycles. The van der Waals surface area contributed by atoms with Crippen LogP contribution in [-0.4, -0.2) is 17.1 Å². The van der Waals surface area contributed by atoms with Crippen molar-refractivity contribution in [2.24, 2.45) is 11.1 Å². The van der Waals surface area contributed by atoms with Crippen LogP contribution in [0.25, 0.3) is 0 Å². The normalized spacial score (nSPS) is 38.5. The summed E-state index contributed by atoms with van der Waals surface area (Å²) in [6.07, 6.45) is 3.65. The van der Waals surface area contributed by atoms with Gasteiger partial charge in [-0.2, -0.15) is 0 Å². The van der Waals surface area contributed by atoms with E-state index in [1.807, 2.05) is 0 Å². The van der Waals surface area contributed by atoms with Crippen molar-refractivity contribution < 1.29 is 9.90 Å². The topological polar surface area (TPSA) is 63.3 Å². The quantitative estimate of drug-likeness (QED) is 0.596. The highest BCUT2D eigenvalue weighted by Gasteiger charge is 2.40. The molecule has 0 amide bonds. The Morgan fingerprint density at radius 2 is 2.27 bits per heavy atom. The van der Waals surface area contributed by atoms with Gasteiger partial charge in [-0.15, -0.1) is 0 Å². The van der Waals surface area contributed by atoms with Gasteiger partial charge in [-0.3, -0.25) is 4.79 Å². The first-order valence-electron chi connectivity index (χ1n) is 4.06. The predicted octanol–water partition coefficient (Wildman–Crippen LogP) is 0.979. The molecule has 64 valence electrons. The fourth-order valence-electron chi connectivity index (χ4n) is 1.63. The van der Waals surface area contributed by atoms with Crippen molar-refractivity contribution >= 4 is 5.97 Å². The van der Waals surface area contributed by atoms with Crippen LogP contribution in [-0.2, 0) is 4.79 Å². The van der Waals surface area contributed by atoms with Crippen molar-refractivity contribution in [2.45, 2.75) is 38.6 Å². The monoisotopic (exact) mass is 157 g/mol. The minimum atomic E-state index is -0.746. The van der Waals surface area contributed by atoms with E-state index in [0.717, 1.165) is 25.7 Å². The van der Waals surface area contributed by atoms with Crippen LogP contribution in [0, 0.1) is 5.41 Å². The van der Waals surface area contributed by atoms with E-state index in [2.05, 4.69) is 0 Å². The van der Waals surface area contributed by atoms with Crippen molar-refractivity contribution in [2.75, 3.05) is 0 Å². The van der Waals surface area contributed by atoms with Crippen LogP contribution in [0.15, 0.2) is 0 Å². The summed E-state index contributed by atoms with van der Waals surface area (Å²) >= 11 is 0. The van der Waals surface area contributed by atoms with Gasteiger partial charge in [0.25, 0.3) is 0 Å². The van der Waals surface area contributed by atoms with Crippen molar-refractivity contribution in [3.63, 3.8) is 0 Å². The lowest BCUT2D eigenvalue weighted by molar-refractivity contribution is -0.150. The van der Waals surface area contributed by atoms with Gasteiger partial charge in [0.1, 0.15) is 0 Å². The predicted molar refractivity (Wildman–Crippen MR) is 42.2 cm³/mol. The molecule has 0 radical (unpaired) electrons. The highest BCUT2D eigenvalue weighted by atomic mass is 16.4. The maximum absolute atomic E-state index is 10.8. The van der Waals surface area contributed by atoms with Crippen LogP contribution < -0.4 is 5.73 Å². The van der Waals surface area contributed by atoms with Gasteiger partial charge >= 0.3 is 5.97 Å². The summed E-state index contributed by atoms with van der Waals surface area (Å²) in [4.78, 5) is 10.8. The fraction of sp³-hybridized carbons (Fsp3) is 0.875. The summed E-state index contributed by atoms with van der Waals surface area (Å²) in [7, 11) is 0. The lowest BCUT2D eigenvalue weighted by Gasteiger charge is -2.35. The van der Waals surface area contributed by atoms with Crippen LogP contribution in [0.3, 0.4) is 0 Å². The third kappa shape index (κ3) is 1.38. The lowest BCUT2D eigenvalue weighted by atomic mass is 9.72. The molecular formula is C8H15NO2. The fourth-order valence-corrected chi connectivity index (χ4v) is 1.63. The van der Waals surface area contributed by atoms with E-state index in [0.29, 0.717) is 0 Å². The number of rotatable bonds is 1. The van der Waals surface area contributed by atoms with Crippen molar-refractivity contribution in [3.05, 3.63) is 0 Å². The van der Waals surface area contributed by atoms with Gasteiger partial charge < -0.3 is 10.8 Å². The van der Waals surface area contributed by atoms with Crippen molar-refractivity contribution in [1.29, 1.82) is 0 Å². The Morgan fingerprint density at radius 3 is 2.64 bits per heavy atom. The average Bonchev–Trinajstić information content (AvgIpc) is 1.95. The van der Waals surface area contributed by atoms with E-state index in [1.54, 1.807) is 6.92 Å². The van der Waals surface area contributed by atoms with Crippen LogP contribution in [0.2, 0.25) is 0 Å². The van der Waals surface area contributed by atoms with Crippen LogP contribution in [0.1, 0.15) is 32.6 Å². The van der Waals surface area contributed by atoms with E-state index >= 15 is 0 Å². The third-order valence-corrected chi connectivity index (χ3v) is 2.77. The Morgan fingerprint density at radius 1 is 1.64 bits per heavy atom. The average molecular weight is 157 g/mol. The minimum Gasteiger partial charge on any atom is -0.481 e. The van der Waals surface area contributed by atoms with Gasteiger partial charge in [0.15, 0.2) is 0 Å². The molecule has 0 aromatic heterocycles. The second-order valence-electron chi connectivity index (χ2n) is 3.57. The molecule has 0 heterocycles. The highest BCUT2D eigenvalue weighted by Crippen LogP contribution is 2.34. The molecule has 0 unspecified atom stereocenters. The maximum Gasteiger partial charge on any atom is 0.310 e. The van der Waals surface area contributed by atoms with Crippen LogP contribution in [0.4, 0.5) is 0 Å². The summed E-state index contributed by atoms with van der Waals surface area (Å²) < 4.78 is 0. The van der Waals surface area contributed by atoms with Crippen molar-refractivity contribution in [3.8, 4) is 0 Å². The number of nitrogens with two attached hydrogens (primary N) is 1. The zero-order valence-electron chi connectivity index (χ0n) is 6.84. The van der Waals surface area contributed by atoms with E-state index in [4.69, 9.17) is 10.8 Å². The Labute approximate surface area is 66.6 Å². The molecule has 0 saturated heterocycles. The van der Waals surface area contributed by atoms with Gasteiger partial charge in [0.05, 0.1) is 5.41 Å². The van der Waals surface area contributed by atoms with Crippen LogP contribution in [0.5, 0.6) is 0 Å². The van der Waals surface area contributed by atoms with Gasteiger partial charge in [0, 0.05) is 6.04 Å². The summed E-state index contributed by atoms with van der Waals surface area (Å²) in [5, 5.41) is 8.89. The second-order valence-corrected chi connectivity index (χ2v) is 3.57. The largest absolute Gasteiger partial charge is 0.481 e. The number of carbonyl (C=O) groups is 1. The van der Waals surface area contributed by atoms with E-state index in [-0.39, 0.29) is 6.04 Å². The van der Waals surface area contributed by atoms with Gasteiger partial charge in [-0.25, -0.2) is 0 Å². The molecule has 2 atom stereocenters. The smallest absolute Gasteiger partial charge is 0.310 e. The first-order chi connectivity index (χ1) is 5.07. The maximum atomic E-state index is 10.8. The Hall–Kier alpha value is -0.570. The molecule has 0 aromatic carbocycles. The molecule has 1 aliphatic rings. The SMILES string of the molecule is C[C@]1(C(=O)O)CCCC[C@@H]1N. The summed E-state index contributed by atoms with van der Waals surface area (Å²) in [6, 6.07) is -0.159. The first kappa shape index (κ1) is 8.53. The van der Waals surface area contributed by atoms with Gasteiger partial charge in [-0.05, 0) is 19.8 Å². The second kappa shape index (κ2) is 2.81. The molecule has 1 fully saturated rings. The van der Waals surface area contributed by atoms with E-state index in [9.17, 15) is 4.79 Å². The molecule has 3 nitrogen and oxygen atoms in total. The van der Waals surface area contributed by atoms with E-state index in [1.165, 1.54) is 0 Å². The first-order valence-corrected chi connectivity index (χ1v) is 4.06. The number of hydrogen-bond donors (Lipinski definition) is 2. The lowest BCUT2D eigenvalue weighted by Crippen LogP contribution is -2.47. The zero-order valence-corrected chi connectivity index (χ0v) is 6.84. The molecule has 1 rings (SSSR count). The number of carboxylic acids is 1. The zero-order chi connectivity index (χ0) is 8.48. The van der Waals surface area contributed by atoms with Crippen LogP contribution >= 0.6 is 0 Å². The molecule has 11 heavy (non-hydrogen) atoms. The molecule has 3 N–H and O–H groups in total. The van der Waals surface area contributed by atoms with Gasteiger partial charge in [-0.1, -0.05) is 12.8 Å². The van der Waals surface area contributed by atoms with Crippen molar-refractivity contribution in [1.82, 2.24) is 0 Å². The third-order valence-electron chi connectivity index (χ3n) is 2.77. The molecule has 1 saturated carbocycles. The number of hydrogen-bond acceptors (Lipinski definition) is 2. The molecule has 0 bridgehead atoms. The number of carboxylic acid groups (broad SMARTS) is 1. The Bertz CT molecular complexity index is 169. The Kier molecular flexibility index (Phi) is 2.18. The molecule has 3 heteroatoms. The number of aliphatic carboxylic acids is 1. The highest BCUT2D eigenvalue weighted by molar-refractivity contribution is 5.75. The minimum absolute atomic E-state index is 0.159. The summed E-state index contributed by atoms with van der Waals surface area (Å²) in [6.45, 7) is 1.75. The summed E-state index contributed by atoms with van der Waals surface area (Å²) in [5.41, 5.74) is 5.06. The molecule has 0 aromatic rings. The van der Waals surface area contributed by atoms with E-state index < -0.39 is 11.4 Å². The molecule has 0 spiro atoms.